The Morgan fingerprint density at radius 3 is 2.66 bits per heavy atom. The molecular weight excluding hydrogens is 412 g/mol. The molecule has 4 rings (SSSR count). The Hall–Kier alpha value is -1.99. The van der Waals surface area contributed by atoms with Crippen molar-refractivity contribution in [3.8, 4) is 0 Å². The number of rotatable bonds is 4. The first kappa shape index (κ1) is 23.2. The lowest BCUT2D eigenvalue weighted by molar-refractivity contribution is -0.184. The fourth-order valence-corrected chi connectivity index (χ4v) is 7.65. The first-order valence-corrected chi connectivity index (χ1v) is 11.7. The van der Waals surface area contributed by atoms with Crippen LogP contribution in [0.4, 0.5) is 4.79 Å². The lowest BCUT2D eigenvalue weighted by Gasteiger charge is -2.59. The van der Waals surface area contributed by atoms with Crippen molar-refractivity contribution in [2.45, 2.75) is 65.1 Å². The molecular formula is C25H34O7. The highest BCUT2D eigenvalue weighted by molar-refractivity contribution is 6.01. The van der Waals surface area contributed by atoms with Crippen molar-refractivity contribution in [2.75, 3.05) is 13.2 Å². The minimum Gasteiger partial charge on any atom is -0.435 e. The van der Waals surface area contributed by atoms with E-state index in [1.165, 1.54) is 0 Å². The highest BCUT2D eigenvalue weighted by Crippen LogP contribution is 2.68. The summed E-state index contributed by atoms with van der Waals surface area (Å²) in [6, 6.07) is 0. The van der Waals surface area contributed by atoms with Gasteiger partial charge in [-0.3, -0.25) is 9.59 Å². The molecule has 4 aliphatic carbocycles. The molecule has 0 amide bonds. The van der Waals surface area contributed by atoms with Crippen LogP contribution in [0.1, 0.15) is 53.4 Å². The molecule has 0 aromatic rings. The van der Waals surface area contributed by atoms with Crippen molar-refractivity contribution in [2.24, 2.45) is 34.5 Å². The van der Waals surface area contributed by atoms with E-state index in [1.54, 1.807) is 19.1 Å². The summed E-state index contributed by atoms with van der Waals surface area (Å²) in [5, 5.41) is 23.2. The average Bonchev–Trinajstić information content (AvgIpc) is 2.93. The van der Waals surface area contributed by atoms with Crippen molar-refractivity contribution in [3.63, 3.8) is 0 Å². The van der Waals surface area contributed by atoms with Crippen molar-refractivity contribution in [1.82, 2.24) is 0 Å². The topological polar surface area (TPSA) is 110 Å². The average molecular weight is 447 g/mol. The highest BCUT2D eigenvalue weighted by Gasteiger charge is 2.70. The maximum absolute atomic E-state index is 13.2. The van der Waals surface area contributed by atoms with E-state index in [2.05, 4.69) is 6.92 Å². The molecule has 0 spiro atoms. The van der Waals surface area contributed by atoms with Crippen LogP contribution in [-0.4, -0.2) is 52.9 Å². The van der Waals surface area contributed by atoms with E-state index in [1.807, 2.05) is 19.9 Å². The van der Waals surface area contributed by atoms with Crippen LogP contribution in [0.3, 0.4) is 0 Å². The van der Waals surface area contributed by atoms with E-state index in [4.69, 9.17) is 9.47 Å². The van der Waals surface area contributed by atoms with Gasteiger partial charge >= 0.3 is 6.16 Å². The van der Waals surface area contributed by atoms with Gasteiger partial charge < -0.3 is 19.7 Å². The van der Waals surface area contributed by atoms with Gasteiger partial charge in [-0.2, -0.15) is 0 Å². The van der Waals surface area contributed by atoms with Gasteiger partial charge in [0.2, 0.25) is 5.78 Å². The lowest BCUT2D eigenvalue weighted by atomic mass is 9.46. The molecule has 0 aromatic carbocycles. The molecule has 176 valence electrons. The monoisotopic (exact) mass is 446 g/mol. The molecule has 0 aromatic heterocycles. The summed E-state index contributed by atoms with van der Waals surface area (Å²) < 4.78 is 9.68. The molecule has 0 heterocycles. The first-order chi connectivity index (χ1) is 15.0. The Kier molecular flexibility index (Phi) is 5.65. The molecule has 7 nitrogen and oxygen atoms in total. The van der Waals surface area contributed by atoms with E-state index in [0.717, 1.165) is 18.4 Å². The standard InChI is InChI=1S/C25H34O7/c1-5-31-22(29)32-13-20(28)25(30)14(2)10-18-17-7-6-15-11-16(26)8-9-23(15,3)21(17)19(27)12-24(18,25)4/h8-9,11,14,17-19,21,27,30H,5-7,10,12-13H2,1-4H3/t14-,17-,18-,19+,21+,23-,24-,25-/m0/s1. The summed E-state index contributed by atoms with van der Waals surface area (Å²) in [4.78, 5) is 36.8. The zero-order valence-electron chi connectivity index (χ0n) is 19.3. The number of hydrogen-bond donors (Lipinski definition) is 2. The van der Waals surface area contributed by atoms with Gasteiger partial charge in [0.25, 0.3) is 0 Å². The third kappa shape index (κ3) is 3.11. The highest BCUT2D eigenvalue weighted by atomic mass is 16.7. The van der Waals surface area contributed by atoms with E-state index < -0.39 is 41.1 Å². The summed E-state index contributed by atoms with van der Waals surface area (Å²) in [7, 11) is 0. The SMILES string of the molecule is CCOC(=O)OCC(=O)[C@@]1(O)[C@@H](C)C[C@H]2[C@@H]3CCC4=CC(=O)C=C[C@]4(C)[C@H]3[C@H](O)C[C@@]21C. The van der Waals surface area contributed by atoms with Gasteiger partial charge in [0.15, 0.2) is 12.4 Å². The van der Waals surface area contributed by atoms with E-state index in [-0.39, 0.29) is 42.5 Å². The second kappa shape index (κ2) is 7.80. The maximum atomic E-state index is 13.2. The molecule has 0 unspecified atom stereocenters. The maximum Gasteiger partial charge on any atom is 0.508 e. The lowest BCUT2D eigenvalue weighted by Crippen LogP contribution is -2.62. The number of aliphatic hydroxyl groups is 2. The van der Waals surface area contributed by atoms with Crippen molar-refractivity contribution < 1.29 is 34.1 Å². The first-order valence-electron chi connectivity index (χ1n) is 11.7. The van der Waals surface area contributed by atoms with Crippen LogP contribution in [0, 0.1) is 34.5 Å². The molecule has 0 bridgehead atoms. The molecule has 32 heavy (non-hydrogen) atoms. The van der Waals surface area contributed by atoms with Gasteiger partial charge in [-0.15, -0.1) is 0 Å². The molecule has 3 fully saturated rings. The van der Waals surface area contributed by atoms with Gasteiger partial charge in [-0.25, -0.2) is 4.79 Å². The third-order valence-electron chi connectivity index (χ3n) is 9.09. The summed E-state index contributed by atoms with van der Waals surface area (Å²) in [5.41, 5.74) is -1.88. The number of allylic oxidation sites excluding steroid dienone is 4. The van der Waals surface area contributed by atoms with Gasteiger partial charge in [0.05, 0.1) is 12.7 Å². The second-order valence-electron chi connectivity index (χ2n) is 10.5. The molecule has 0 radical (unpaired) electrons. The van der Waals surface area contributed by atoms with E-state index >= 15 is 0 Å². The molecule has 4 aliphatic rings. The Morgan fingerprint density at radius 2 is 1.97 bits per heavy atom. The molecule has 8 atom stereocenters. The number of ketones is 2. The zero-order valence-corrected chi connectivity index (χ0v) is 19.3. The summed E-state index contributed by atoms with van der Waals surface area (Å²) in [6.07, 6.45) is 6.08. The van der Waals surface area contributed by atoms with E-state index in [9.17, 15) is 24.6 Å². The predicted molar refractivity (Wildman–Crippen MR) is 115 cm³/mol. The van der Waals surface area contributed by atoms with E-state index in [0.29, 0.717) is 6.42 Å². The van der Waals surface area contributed by atoms with Crippen LogP contribution >= 0.6 is 0 Å². The van der Waals surface area contributed by atoms with Crippen LogP contribution < -0.4 is 0 Å². The molecule has 0 aliphatic heterocycles. The smallest absolute Gasteiger partial charge is 0.435 e. The largest absolute Gasteiger partial charge is 0.508 e. The fourth-order valence-electron chi connectivity index (χ4n) is 7.65. The number of hydrogen-bond acceptors (Lipinski definition) is 7. The second-order valence-corrected chi connectivity index (χ2v) is 10.5. The number of fused-ring (bicyclic) bond motifs is 5. The van der Waals surface area contributed by atoms with Gasteiger partial charge in [-0.05, 0) is 62.5 Å². The van der Waals surface area contributed by atoms with Crippen molar-refractivity contribution >= 4 is 17.7 Å². The fraction of sp³-hybridized carbons (Fsp3) is 0.720. The number of aliphatic hydroxyl groups excluding tert-OH is 1. The Bertz CT molecular complexity index is 891. The molecule has 3 saturated carbocycles. The van der Waals surface area contributed by atoms with Crippen molar-refractivity contribution in [3.05, 3.63) is 23.8 Å². The third-order valence-corrected chi connectivity index (χ3v) is 9.09. The van der Waals surface area contributed by atoms with Gasteiger partial charge in [0, 0.05) is 16.7 Å². The minimum absolute atomic E-state index is 0.0119. The zero-order chi connectivity index (χ0) is 23.5. The minimum atomic E-state index is -1.70. The van der Waals surface area contributed by atoms with Crippen LogP contribution in [0.25, 0.3) is 0 Å². The number of carbonyl (C=O) groups excluding carboxylic acids is 3. The summed E-state index contributed by atoms with van der Waals surface area (Å²) in [6.45, 7) is 7.08. The number of ether oxygens (including phenoxy) is 2. The van der Waals surface area contributed by atoms with Crippen LogP contribution in [0.5, 0.6) is 0 Å². The number of carbonyl (C=O) groups is 3. The number of Topliss-reactive ketones (excluding diaryl/α,β-unsaturated/α-hetero) is 1. The predicted octanol–water partition coefficient (Wildman–Crippen LogP) is 2.98. The molecule has 0 saturated heterocycles. The van der Waals surface area contributed by atoms with Crippen LogP contribution in [0.15, 0.2) is 23.8 Å². The molecule has 7 heteroatoms. The summed E-state index contributed by atoms with van der Waals surface area (Å²) in [5.74, 6) is -0.826. The Balaban J connectivity index is 1.64. The quantitative estimate of drug-likeness (QED) is 0.639. The molecule has 2 N–H and O–H groups in total. The van der Waals surface area contributed by atoms with Crippen molar-refractivity contribution in [1.29, 1.82) is 0 Å². The summed E-state index contributed by atoms with van der Waals surface area (Å²) >= 11 is 0. The van der Waals surface area contributed by atoms with Crippen LogP contribution in [-0.2, 0) is 19.1 Å². The Labute approximate surface area is 188 Å². The Morgan fingerprint density at radius 1 is 1.25 bits per heavy atom. The van der Waals surface area contributed by atoms with Gasteiger partial charge in [-0.1, -0.05) is 32.4 Å². The normalized spacial score (nSPS) is 44.8. The van der Waals surface area contributed by atoms with Crippen LogP contribution in [0.2, 0.25) is 0 Å². The van der Waals surface area contributed by atoms with Gasteiger partial charge in [0.1, 0.15) is 5.60 Å².